The summed E-state index contributed by atoms with van der Waals surface area (Å²) >= 11 is 0. The Kier molecular flexibility index (Phi) is 6.84. The number of carboxylic acids is 1. The number of aliphatic carboxylic acids is 1. The highest BCUT2D eigenvalue weighted by molar-refractivity contribution is 5.81. The highest BCUT2D eigenvalue weighted by Crippen LogP contribution is 2.23. The number of nitrogens with zero attached hydrogens (tertiary/aromatic N) is 1. The van der Waals surface area contributed by atoms with Crippen molar-refractivity contribution < 1.29 is 19.4 Å². The highest BCUT2D eigenvalue weighted by atomic mass is 16.5. The van der Waals surface area contributed by atoms with Gasteiger partial charge in [-0.05, 0) is 26.2 Å². The van der Waals surface area contributed by atoms with Crippen LogP contribution in [0.4, 0.5) is 0 Å². The lowest BCUT2D eigenvalue weighted by atomic mass is 10.2. The molecule has 0 aliphatic heterocycles. The van der Waals surface area contributed by atoms with E-state index in [1.807, 2.05) is 13.8 Å². The lowest BCUT2D eigenvalue weighted by molar-refractivity contribution is -0.148. The van der Waals surface area contributed by atoms with Crippen LogP contribution in [0.2, 0.25) is 0 Å². The van der Waals surface area contributed by atoms with E-state index in [1.165, 1.54) is 12.8 Å². The minimum absolute atomic E-state index is 0.0144. The first-order valence-corrected chi connectivity index (χ1v) is 7.24. The molecular weight excluding hydrogens is 246 g/mol. The molecule has 1 amide bonds. The van der Waals surface area contributed by atoms with Gasteiger partial charge in [-0.15, -0.1) is 0 Å². The van der Waals surface area contributed by atoms with E-state index in [-0.39, 0.29) is 25.0 Å². The van der Waals surface area contributed by atoms with Crippen LogP contribution >= 0.6 is 0 Å². The van der Waals surface area contributed by atoms with Crippen molar-refractivity contribution in [1.29, 1.82) is 0 Å². The Bertz CT molecular complexity index is 300. The van der Waals surface area contributed by atoms with Gasteiger partial charge in [0.25, 0.3) is 5.91 Å². The van der Waals surface area contributed by atoms with Crippen LogP contribution in [0.5, 0.6) is 0 Å². The van der Waals surface area contributed by atoms with Gasteiger partial charge in [0.1, 0.15) is 6.10 Å². The second kappa shape index (κ2) is 8.15. The molecule has 5 heteroatoms. The van der Waals surface area contributed by atoms with E-state index in [2.05, 4.69) is 0 Å². The fourth-order valence-corrected chi connectivity index (χ4v) is 2.44. The van der Waals surface area contributed by atoms with E-state index in [0.717, 1.165) is 12.8 Å². The Morgan fingerprint density at radius 1 is 1.32 bits per heavy atom. The zero-order chi connectivity index (χ0) is 14.3. The Morgan fingerprint density at radius 2 is 1.95 bits per heavy atom. The molecule has 1 unspecified atom stereocenters. The van der Waals surface area contributed by atoms with Crippen molar-refractivity contribution in [2.75, 3.05) is 13.1 Å². The Labute approximate surface area is 114 Å². The summed E-state index contributed by atoms with van der Waals surface area (Å²) in [5.41, 5.74) is 0. The number of carbonyl (C=O) groups is 2. The van der Waals surface area contributed by atoms with Crippen LogP contribution in [0.1, 0.15) is 52.4 Å². The largest absolute Gasteiger partial charge is 0.481 e. The first-order valence-electron chi connectivity index (χ1n) is 7.24. The summed E-state index contributed by atoms with van der Waals surface area (Å²) in [6, 6.07) is 0. The van der Waals surface area contributed by atoms with Crippen LogP contribution in [0.15, 0.2) is 0 Å². The fourth-order valence-electron chi connectivity index (χ4n) is 2.44. The van der Waals surface area contributed by atoms with Crippen LogP contribution < -0.4 is 0 Å². The first kappa shape index (κ1) is 16.0. The van der Waals surface area contributed by atoms with Gasteiger partial charge >= 0.3 is 5.97 Å². The van der Waals surface area contributed by atoms with Crippen LogP contribution in [0.25, 0.3) is 0 Å². The molecule has 0 bridgehead atoms. The number of carboxylic acid groups (broad SMARTS) is 1. The van der Waals surface area contributed by atoms with Crippen LogP contribution in [0.3, 0.4) is 0 Å². The van der Waals surface area contributed by atoms with Crippen molar-refractivity contribution >= 4 is 11.9 Å². The van der Waals surface area contributed by atoms with Gasteiger partial charge < -0.3 is 14.7 Å². The SMILES string of the molecule is CCC(OC1CCCC1)C(=O)N(CC)CCC(=O)O. The molecule has 1 rings (SSSR count). The van der Waals surface area contributed by atoms with Crippen LogP contribution in [-0.4, -0.2) is 47.2 Å². The zero-order valence-corrected chi connectivity index (χ0v) is 11.9. The number of hydrogen-bond acceptors (Lipinski definition) is 3. The van der Waals surface area contributed by atoms with E-state index < -0.39 is 12.1 Å². The van der Waals surface area contributed by atoms with Gasteiger partial charge in [0.15, 0.2) is 0 Å². The molecule has 1 fully saturated rings. The molecule has 5 nitrogen and oxygen atoms in total. The normalized spacial score (nSPS) is 17.4. The van der Waals surface area contributed by atoms with E-state index >= 15 is 0 Å². The minimum atomic E-state index is -0.879. The minimum Gasteiger partial charge on any atom is -0.481 e. The molecule has 110 valence electrons. The zero-order valence-electron chi connectivity index (χ0n) is 11.9. The van der Waals surface area contributed by atoms with Crippen molar-refractivity contribution in [1.82, 2.24) is 4.90 Å². The molecule has 0 aromatic carbocycles. The summed E-state index contributed by atoms with van der Waals surface area (Å²) in [4.78, 5) is 24.5. The molecule has 19 heavy (non-hydrogen) atoms. The number of likely N-dealkylation sites (N-methyl/N-ethyl adjacent to an activating group) is 1. The predicted octanol–water partition coefficient (Wildman–Crippen LogP) is 2.05. The smallest absolute Gasteiger partial charge is 0.305 e. The number of ether oxygens (including phenoxy) is 1. The Balaban J connectivity index is 2.50. The Morgan fingerprint density at radius 3 is 2.42 bits per heavy atom. The van der Waals surface area contributed by atoms with Crippen LogP contribution in [0, 0.1) is 0 Å². The van der Waals surface area contributed by atoms with E-state index in [9.17, 15) is 9.59 Å². The number of rotatable bonds is 8. The van der Waals surface area contributed by atoms with Gasteiger partial charge in [-0.3, -0.25) is 9.59 Å². The molecule has 0 radical (unpaired) electrons. The Hall–Kier alpha value is -1.10. The molecule has 0 spiro atoms. The molecule has 0 saturated heterocycles. The van der Waals surface area contributed by atoms with Crippen molar-refractivity contribution in [3.05, 3.63) is 0 Å². The molecule has 1 atom stereocenters. The van der Waals surface area contributed by atoms with Gasteiger partial charge in [0.2, 0.25) is 0 Å². The van der Waals surface area contributed by atoms with Crippen molar-refractivity contribution in [3.8, 4) is 0 Å². The maximum absolute atomic E-state index is 12.3. The maximum atomic E-state index is 12.3. The quantitative estimate of drug-likeness (QED) is 0.733. The third-order valence-corrected chi connectivity index (χ3v) is 3.59. The summed E-state index contributed by atoms with van der Waals surface area (Å²) in [5.74, 6) is -0.950. The number of hydrogen-bond donors (Lipinski definition) is 1. The molecule has 0 aromatic heterocycles. The summed E-state index contributed by atoms with van der Waals surface area (Å²) < 4.78 is 5.87. The maximum Gasteiger partial charge on any atom is 0.305 e. The third kappa shape index (κ3) is 5.19. The molecule has 0 heterocycles. The van der Waals surface area contributed by atoms with Gasteiger partial charge in [0.05, 0.1) is 12.5 Å². The average Bonchev–Trinajstić information content (AvgIpc) is 2.88. The summed E-state index contributed by atoms with van der Waals surface area (Å²) in [5, 5.41) is 8.70. The summed E-state index contributed by atoms with van der Waals surface area (Å²) in [7, 11) is 0. The summed E-state index contributed by atoms with van der Waals surface area (Å²) in [6.45, 7) is 4.58. The number of carbonyl (C=O) groups excluding carboxylic acids is 1. The first-order chi connectivity index (χ1) is 9.08. The van der Waals surface area contributed by atoms with Gasteiger partial charge in [-0.1, -0.05) is 19.8 Å². The molecule has 1 saturated carbocycles. The highest BCUT2D eigenvalue weighted by Gasteiger charge is 2.27. The second-order valence-corrected chi connectivity index (χ2v) is 5.00. The van der Waals surface area contributed by atoms with Crippen LogP contribution in [-0.2, 0) is 14.3 Å². The molecule has 1 aliphatic carbocycles. The van der Waals surface area contributed by atoms with Crippen molar-refractivity contribution in [2.45, 2.75) is 64.6 Å². The molecule has 1 N–H and O–H groups in total. The van der Waals surface area contributed by atoms with E-state index in [4.69, 9.17) is 9.84 Å². The average molecular weight is 271 g/mol. The monoisotopic (exact) mass is 271 g/mol. The second-order valence-electron chi connectivity index (χ2n) is 5.00. The molecular formula is C14H25NO4. The predicted molar refractivity (Wildman–Crippen MR) is 71.9 cm³/mol. The van der Waals surface area contributed by atoms with Crippen molar-refractivity contribution in [2.24, 2.45) is 0 Å². The number of amides is 1. The molecule has 0 aromatic rings. The third-order valence-electron chi connectivity index (χ3n) is 3.59. The standard InChI is InChI=1S/C14H25NO4/c1-3-12(19-11-7-5-6-8-11)14(18)15(4-2)10-9-13(16)17/h11-12H,3-10H2,1-2H3,(H,16,17). The topological polar surface area (TPSA) is 66.8 Å². The van der Waals surface area contributed by atoms with Gasteiger partial charge in [-0.25, -0.2) is 0 Å². The lowest BCUT2D eigenvalue weighted by Crippen LogP contribution is -2.42. The van der Waals surface area contributed by atoms with Crippen molar-refractivity contribution in [3.63, 3.8) is 0 Å². The van der Waals surface area contributed by atoms with Gasteiger partial charge in [-0.2, -0.15) is 0 Å². The fraction of sp³-hybridized carbons (Fsp3) is 0.857. The summed E-state index contributed by atoms with van der Waals surface area (Å²) in [6.07, 6.45) is 4.82. The lowest BCUT2D eigenvalue weighted by Gasteiger charge is -2.27. The van der Waals surface area contributed by atoms with E-state index in [0.29, 0.717) is 13.0 Å². The molecule has 1 aliphatic rings. The van der Waals surface area contributed by atoms with Gasteiger partial charge in [0, 0.05) is 13.1 Å². The van der Waals surface area contributed by atoms with E-state index in [1.54, 1.807) is 4.90 Å².